The van der Waals surface area contributed by atoms with Gasteiger partial charge in [0.15, 0.2) is 0 Å². The SMILES string of the molecule is Cc1ccnc(NCC2CCCN2C(=O)OC(C)(C)C)n1. The molecule has 0 spiro atoms. The van der Waals surface area contributed by atoms with Crippen LogP contribution in [0.2, 0.25) is 0 Å². The number of nitrogens with zero attached hydrogens (tertiary/aromatic N) is 3. The molecule has 0 bridgehead atoms. The quantitative estimate of drug-likeness (QED) is 0.927. The zero-order chi connectivity index (χ0) is 15.5. The van der Waals surface area contributed by atoms with E-state index in [0.717, 1.165) is 25.1 Å². The molecule has 2 rings (SSSR count). The van der Waals surface area contributed by atoms with Gasteiger partial charge in [0, 0.05) is 25.0 Å². The number of hydrogen-bond donors (Lipinski definition) is 1. The third-order valence-corrected chi connectivity index (χ3v) is 3.30. The van der Waals surface area contributed by atoms with Crippen molar-refractivity contribution in [1.29, 1.82) is 0 Å². The van der Waals surface area contributed by atoms with E-state index in [1.54, 1.807) is 11.1 Å². The fraction of sp³-hybridized carbons (Fsp3) is 0.667. The molecule has 1 amide bonds. The first kappa shape index (κ1) is 15.5. The molecule has 1 fully saturated rings. The van der Waals surface area contributed by atoms with Crippen LogP contribution in [0.5, 0.6) is 0 Å². The van der Waals surface area contributed by atoms with Gasteiger partial charge in [-0.1, -0.05) is 0 Å². The Balaban J connectivity index is 1.91. The van der Waals surface area contributed by atoms with Gasteiger partial charge in [-0.3, -0.25) is 0 Å². The van der Waals surface area contributed by atoms with Crippen LogP contribution in [0.4, 0.5) is 10.7 Å². The maximum absolute atomic E-state index is 12.2. The highest BCUT2D eigenvalue weighted by atomic mass is 16.6. The average Bonchev–Trinajstić information content (AvgIpc) is 2.83. The topological polar surface area (TPSA) is 67.4 Å². The van der Waals surface area contributed by atoms with Crippen molar-refractivity contribution < 1.29 is 9.53 Å². The van der Waals surface area contributed by atoms with Crippen LogP contribution in [0.3, 0.4) is 0 Å². The largest absolute Gasteiger partial charge is 0.444 e. The van der Waals surface area contributed by atoms with Gasteiger partial charge in [-0.15, -0.1) is 0 Å². The molecule has 0 aromatic carbocycles. The second-order valence-electron chi connectivity index (χ2n) is 6.37. The molecule has 1 aromatic heterocycles. The lowest BCUT2D eigenvalue weighted by atomic mass is 10.2. The minimum atomic E-state index is -0.461. The van der Waals surface area contributed by atoms with Crippen LogP contribution in [-0.4, -0.2) is 45.7 Å². The molecule has 1 aliphatic heterocycles. The van der Waals surface area contributed by atoms with E-state index in [1.807, 2.05) is 33.8 Å². The second-order valence-corrected chi connectivity index (χ2v) is 6.37. The molecule has 21 heavy (non-hydrogen) atoms. The number of hydrogen-bond acceptors (Lipinski definition) is 5. The summed E-state index contributed by atoms with van der Waals surface area (Å²) in [6.07, 6.45) is 3.46. The Hall–Kier alpha value is -1.85. The summed E-state index contributed by atoms with van der Waals surface area (Å²) in [5, 5.41) is 3.20. The van der Waals surface area contributed by atoms with Gasteiger partial charge in [-0.2, -0.15) is 0 Å². The highest BCUT2D eigenvalue weighted by Gasteiger charge is 2.32. The highest BCUT2D eigenvalue weighted by molar-refractivity contribution is 5.69. The smallest absolute Gasteiger partial charge is 0.410 e. The number of anilines is 1. The van der Waals surface area contributed by atoms with E-state index in [1.165, 1.54) is 0 Å². The maximum atomic E-state index is 12.2. The molecule has 1 unspecified atom stereocenters. The predicted molar refractivity (Wildman–Crippen MR) is 81.2 cm³/mol. The number of likely N-dealkylation sites (tertiary alicyclic amines) is 1. The average molecular weight is 292 g/mol. The van der Waals surface area contributed by atoms with E-state index in [4.69, 9.17) is 4.74 Å². The Morgan fingerprint density at radius 1 is 1.52 bits per heavy atom. The van der Waals surface area contributed by atoms with Gasteiger partial charge in [0.1, 0.15) is 5.60 Å². The summed E-state index contributed by atoms with van der Waals surface area (Å²) in [6.45, 7) is 8.96. The zero-order valence-corrected chi connectivity index (χ0v) is 13.2. The Morgan fingerprint density at radius 3 is 2.95 bits per heavy atom. The summed E-state index contributed by atoms with van der Waals surface area (Å²) in [7, 11) is 0. The molecule has 6 heteroatoms. The standard InChI is InChI=1S/C15H24N4O2/c1-11-7-8-16-13(18-11)17-10-12-6-5-9-19(12)14(20)21-15(2,3)4/h7-8,12H,5-6,9-10H2,1-4H3,(H,16,17,18). The molecular formula is C15H24N4O2. The Bertz CT molecular complexity index is 499. The van der Waals surface area contributed by atoms with Crippen molar-refractivity contribution >= 4 is 12.0 Å². The third kappa shape index (κ3) is 4.58. The van der Waals surface area contributed by atoms with Crippen molar-refractivity contribution in [2.45, 2.75) is 52.2 Å². The van der Waals surface area contributed by atoms with Gasteiger partial charge in [0.05, 0.1) is 6.04 Å². The molecule has 1 aliphatic rings. The van der Waals surface area contributed by atoms with E-state index in [9.17, 15) is 4.79 Å². The van der Waals surface area contributed by atoms with Crippen molar-refractivity contribution in [3.8, 4) is 0 Å². The fourth-order valence-electron chi connectivity index (χ4n) is 2.35. The minimum Gasteiger partial charge on any atom is -0.444 e. The Morgan fingerprint density at radius 2 is 2.29 bits per heavy atom. The molecule has 1 N–H and O–H groups in total. The van der Waals surface area contributed by atoms with Crippen LogP contribution in [0.25, 0.3) is 0 Å². The van der Waals surface area contributed by atoms with Gasteiger partial charge in [0.2, 0.25) is 5.95 Å². The molecule has 6 nitrogen and oxygen atoms in total. The van der Waals surface area contributed by atoms with Gasteiger partial charge in [0.25, 0.3) is 0 Å². The Kier molecular flexibility index (Phi) is 4.65. The van der Waals surface area contributed by atoms with Crippen molar-refractivity contribution in [1.82, 2.24) is 14.9 Å². The number of amides is 1. The van der Waals surface area contributed by atoms with Gasteiger partial charge in [-0.05, 0) is 46.6 Å². The number of carbonyl (C=O) groups excluding carboxylic acids is 1. The van der Waals surface area contributed by atoms with Gasteiger partial charge >= 0.3 is 6.09 Å². The summed E-state index contributed by atoms with van der Waals surface area (Å²) in [5.74, 6) is 0.603. The van der Waals surface area contributed by atoms with E-state index >= 15 is 0 Å². The summed E-state index contributed by atoms with van der Waals surface area (Å²) < 4.78 is 5.45. The highest BCUT2D eigenvalue weighted by Crippen LogP contribution is 2.21. The van der Waals surface area contributed by atoms with Crippen molar-refractivity contribution in [2.75, 3.05) is 18.4 Å². The van der Waals surface area contributed by atoms with Crippen molar-refractivity contribution in [2.24, 2.45) is 0 Å². The van der Waals surface area contributed by atoms with Gasteiger partial charge in [-0.25, -0.2) is 14.8 Å². The second kappa shape index (κ2) is 6.28. The molecule has 0 saturated carbocycles. The molecule has 2 heterocycles. The third-order valence-electron chi connectivity index (χ3n) is 3.30. The van der Waals surface area contributed by atoms with Crippen molar-refractivity contribution in [3.05, 3.63) is 18.0 Å². The number of aryl methyl sites for hydroxylation is 1. The van der Waals surface area contributed by atoms with Crippen LogP contribution in [-0.2, 0) is 4.74 Å². The summed E-state index contributed by atoms with van der Waals surface area (Å²) in [4.78, 5) is 22.5. The number of ether oxygens (including phenoxy) is 1. The molecular weight excluding hydrogens is 268 g/mol. The molecule has 1 atom stereocenters. The monoisotopic (exact) mass is 292 g/mol. The summed E-state index contributed by atoms with van der Waals surface area (Å²) in [5.41, 5.74) is 0.458. The van der Waals surface area contributed by atoms with Crippen molar-refractivity contribution in [3.63, 3.8) is 0 Å². The number of carbonyl (C=O) groups is 1. The molecule has 0 radical (unpaired) electrons. The van der Waals surface area contributed by atoms with E-state index in [-0.39, 0.29) is 12.1 Å². The normalized spacial score (nSPS) is 18.7. The van der Waals surface area contributed by atoms with E-state index in [0.29, 0.717) is 12.5 Å². The van der Waals surface area contributed by atoms with Crippen LogP contribution >= 0.6 is 0 Å². The Labute approximate surface area is 125 Å². The predicted octanol–water partition coefficient (Wildman–Crippen LogP) is 2.60. The first-order chi connectivity index (χ1) is 9.85. The first-order valence-electron chi connectivity index (χ1n) is 7.38. The maximum Gasteiger partial charge on any atom is 0.410 e. The summed E-state index contributed by atoms with van der Waals surface area (Å²) >= 11 is 0. The fourth-order valence-corrected chi connectivity index (χ4v) is 2.35. The van der Waals surface area contributed by atoms with Gasteiger partial charge < -0.3 is 15.0 Å². The molecule has 1 saturated heterocycles. The van der Waals surface area contributed by atoms with Crippen LogP contribution in [0.1, 0.15) is 39.3 Å². The zero-order valence-electron chi connectivity index (χ0n) is 13.2. The number of nitrogens with one attached hydrogen (secondary N) is 1. The molecule has 0 aliphatic carbocycles. The lowest BCUT2D eigenvalue weighted by Gasteiger charge is -2.28. The number of rotatable bonds is 3. The minimum absolute atomic E-state index is 0.129. The van der Waals surface area contributed by atoms with E-state index < -0.39 is 5.60 Å². The lowest BCUT2D eigenvalue weighted by Crippen LogP contribution is -2.42. The first-order valence-corrected chi connectivity index (χ1v) is 7.38. The molecule has 116 valence electrons. The molecule has 1 aromatic rings. The number of aromatic nitrogens is 2. The lowest BCUT2D eigenvalue weighted by molar-refractivity contribution is 0.0235. The van der Waals surface area contributed by atoms with Crippen LogP contribution in [0.15, 0.2) is 12.3 Å². The van der Waals surface area contributed by atoms with Crippen LogP contribution < -0.4 is 5.32 Å². The van der Waals surface area contributed by atoms with E-state index in [2.05, 4.69) is 15.3 Å². The van der Waals surface area contributed by atoms with Crippen LogP contribution in [0, 0.1) is 6.92 Å². The summed E-state index contributed by atoms with van der Waals surface area (Å²) in [6, 6.07) is 1.98.